The van der Waals surface area contributed by atoms with Crippen LogP contribution in [-0.2, 0) is 16.0 Å². The number of aromatic nitrogens is 2. The number of ether oxygens (including phenoxy) is 1. The molecule has 1 aromatic heterocycles. The van der Waals surface area contributed by atoms with Crippen LogP contribution in [0.2, 0.25) is 0 Å². The summed E-state index contributed by atoms with van der Waals surface area (Å²) in [5.74, 6) is 0.140. The number of nitrogens with one attached hydrogen (secondary N) is 3. The van der Waals surface area contributed by atoms with Gasteiger partial charge in [0.1, 0.15) is 11.9 Å². The van der Waals surface area contributed by atoms with Crippen molar-refractivity contribution in [3.8, 4) is 0 Å². The molecule has 0 saturated carbocycles. The summed E-state index contributed by atoms with van der Waals surface area (Å²) in [4.78, 5) is 41.8. The van der Waals surface area contributed by atoms with Gasteiger partial charge in [-0.1, -0.05) is 12.1 Å². The van der Waals surface area contributed by atoms with Crippen molar-refractivity contribution in [2.45, 2.75) is 19.4 Å². The number of nitrogens with zero attached hydrogens (tertiary/aromatic N) is 1. The van der Waals surface area contributed by atoms with E-state index >= 15 is 0 Å². The van der Waals surface area contributed by atoms with Gasteiger partial charge in [-0.3, -0.25) is 9.59 Å². The summed E-state index contributed by atoms with van der Waals surface area (Å²) in [5.41, 5.74) is 0.399. The van der Waals surface area contributed by atoms with Crippen molar-refractivity contribution in [2.75, 3.05) is 13.7 Å². The fourth-order valence-corrected chi connectivity index (χ4v) is 2.01. The first-order chi connectivity index (χ1) is 11.0. The molecular weight excluding hydrogens is 300 g/mol. The van der Waals surface area contributed by atoms with E-state index in [9.17, 15) is 14.4 Å². The van der Waals surface area contributed by atoms with Gasteiger partial charge < -0.3 is 20.4 Å². The summed E-state index contributed by atoms with van der Waals surface area (Å²) >= 11 is 0. The first-order valence-corrected chi connectivity index (χ1v) is 7.11. The van der Waals surface area contributed by atoms with Gasteiger partial charge in [0.25, 0.3) is 5.56 Å². The molecule has 0 radical (unpaired) electrons. The molecular formula is C15H18N4O4. The smallest absolute Gasteiger partial charge is 0.407 e. The number of alkyl carbamates (subject to hydrolysis) is 1. The lowest BCUT2D eigenvalue weighted by Gasteiger charge is -2.13. The third-order valence-electron chi connectivity index (χ3n) is 3.24. The molecule has 122 valence electrons. The van der Waals surface area contributed by atoms with Gasteiger partial charge in [0.2, 0.25) is 5.91 Å². The summed E-state index contributed by atoms with van der Waals surface area (Å²) in [6, 6.07) is 6.32. The van der Waals surface area contributed by atoms with E-state index in [1.807, 2.05) is 0 Å². The van der Waals surface area contributed by atoms with Crippen LogP contribution >= 0.6 is 0 Å². The third kappa shape index (κ3) is 4.29. The number of methoxy groups -OCH3 is 1. The minimum atomic E-state index is -0.717. The Balaban J connectivity index is 1.93. The molecule has 1 atom stereocenters. The predicted molar refractivity (Wildman–Crippen MR) is 84.1 cm³/mol. The minimum absolute atomic E-state index is 0.211. The zero-order valence-electron chi connectivity index (χ0n) is 12.9. The molecule has 8 nitrogen and oxygen atoms in total. The first kappa shape index (κ1) is 16.5. The Hall–Kier alpha value is -2.90. The van der Waals surface area contributed by atoms with E-state index in [-0.39, 0.29) is 18.0 Å². The number of rotatable bonds is 5. The van der Waals surface area contributed by atoms with E-state index in [2.05, 4.69) is 25.3 Å². The lowest BCUT2D eigenvalue weighted by molar-refractivity contribution is -0.122. The monoisotopic (exact) mass is 318 g/mol. The van der Waals surface area contributed by atoms with E-state index in [1.54, 1.807) is 31.2 Å². The van der Waals surface area contributed by atoms with E-state index in [0.29, 0.717) is 23.1 Å². The molecule has 23 heavy (non-hydrogen) atoms. The number of hydrogen-bond donors (Lipinski definition) is 3. The van der Waals surface area contributed by atoms with E-state index in [0.717, 1.165) is 0 Å². The number of carbonyl (C=O) groups is 2. The number of aromatic amines is 1. The maximum absolute atomic E-state index is 11.9. The fourth-order valence-electron chi connectivity index (χ4n) is 2.01. The number of amides is 2. The van der Waals surface area contributed by atoms with Crippen LogP contribution in [0.3, 0.4) is 0 Å². The molecule has 8 heteroatoms. The molecule has 1 heterocycles. The SMILES string of the molecule is COC(=O)N[C@@H](C)C(=O)NCCc1nc2ccccc2c(=O)[nH]1. The van der Waals surface area contributed by atoms with E-state index < -0.39 is 12.1 Å². The van der Waals surface area contributed by atoms with Crippen molar-refractivity contribution in [1.82, 2.24) is 20.6 Å². The second-order valence-corrected chi connectivity index (χ2v) is 4.93. The summed E-state index contributed by atoms with van der Waals surface area (Å²) in [6.45, 7) is 1.83. The molecule has 0 aliphatic rings. The van der Waals surface area contributed by atoms with Crippen LogP contribution in [0.25, 0.3) is 10.9 Å². The first-order valence-electron chi connectivity index (χ1n) is 7.11. The second kappa shape index (κ2) is 7.39. The Morgan fingerprint density at radius 3 is 2.83 bits per heavy atom. The van der Waals surface area contributed by atoms with Crippen LogP contribution in [0.15, 0.2) is 29.1 Å². The van der Waals surface area contributed by atoms with Gasteiger partial charge in [-0.25, -0.2) is 9.78 Å². The molecule has 0 unspecified atom stereocenters. The number of para-hydroxylation sites is 1. The topological polar surface area (TPSA) is 113 Å². The molecule has 0 saturated heterocycles. The number of fused-ring (bicyclic) bond motifs is 1. The van der Waals surface area contributed by atoms with Gasteiger partial charge in [-0.2, -0.15) is 0 Å². The Morgan fingerprint density at radius 1 is 1.35 bits per heavy atom. The lowest BCUT2D eigenvalue weighted by atomic mass is 10.2. The summed E-state index contributed by atoms with van der Waals surface area (Å²) in [5, 5.41) is 5.55. The van der Waals surface area contributed by atoms with Gasteiger partial charge in [-0.15, -0.1) is 0 Å². The maximum atomic E-state index is 11.9. The Kier molecular flexibility index (Phi) is 5.29. The van der Waals surface area contributed by atoms with Crippen molar-refractivity contribution in [2.24, 2.45) is 0 Å². The quantitative estimate of drug-likeness (QED) is 0.735. The number of hydrogen-bond acceptors (Lipinski definition) is 5. The molecule has 1 aromatic carbocycles. The Labute approximate surface area is 132 Å². The zero-order chi connectivity index (χ0) is 16.8. The molecule has 2 amide bonds. The van der Waals surface area contributed by atoms with Crippen molar-refractivity contribution >= 4 is 22.9 Å². The van der Waals surface area contributed by atoms with Gasteiger partial charge >= 0.3 is 6.09 Å². The van der Waals surface area contributed by atoms with E-state index in [1.165, 1.54) is 7.11 Å². The Bertz CT molecular complexity index is 771. The molecule has 0 aliphatic carbocycles. The highest BCUT2D eigenvalue weighted by molar-refractivity contribution is 5.85. The van der Waals surface area contributed by atoms with Crippen molar-refractivity contribution < 1.29 is 14.3 Å². The number of carbonyl (C=O) groups excluding carboxylic acids is 2. The van der Waals surface area contributed by atoms with Gasteiger partial charge in [0.05, 0.1) is 18.0 Å². The van der Waals surface area contributed by atoms with Gasteiger partial charge in [0, 0.05) is 13.0 Å². The van der Waals surface area contributed by atoms with Crippen LogP contribution in [0.5, 0.6) is 0 Å². The molecule has 0 aliphatic heterocycles. The summed E-state index contributed by atoms with van der Waals surface area (Å²) in [6.07, 6.45) is -0.301. The van der Waals surface area contributed by atoms with Crippen LogP contribution in [0.1, 0.15) is 12.7 Å². The van der Waals surface area contributed by atoms with Crippen LogP contribution in [0.4, 0.5) is 4.79 Å². The molecule has 0 bridgehead atoms. The molecule has 2 aromatic rings. The molecule has 0 spiro atoms. The summed E-state index contributed by atoms with van der Waals surface area (Å²) < 4.78 is 4.42. The van der Waals surface area contributed by atoms with Crippen LogP contribution in [0, 0.1) is 0 Å². The molecule has 0 fully saturated rings. The highest BCUT2D eigenvalue weighted by Crippen LogP contribution is 2.05. The van der Waals surface area contributed by atoms with Crippen LogP contribution < -0.4 is 16.2 Å². The third-order valence-corrected chi connectivity index (χ3v) is 3.24. The Morgan fingerprint density at radius 2 is 2.09 bits per heavy atom. The lowest BCUT2D eigenvalue weighted by Crippen LogP contribution is -2.45. The largest absolute Gasteiger partial charge is 0.453 e. The minimum Gasteiger partial charge on any atom is -0.453 e. The normalized spacial score (nSPS) is 11.7. The standard InChI is InChI=1S/C15H18N4O4/c1-9(17-15(22)23-2)13(20)16-8-7-12-18-11-6-4-3-5-10(11)14(21)19-12/h3-6,9H,7-8H2,1-2H3,(H,16,20)(H,17,22)(H,18,19,21)/t9-/m0/s1. The highest BCUT2D eigenvalue weighted by Gasteiger charge is 2.15. The van der Waals surface area contributed by atoms with Crippen molar-refractivity contribution in [3.05, 3.63) is 40.4 Å². The molecule has 2 rings (SSSR count). The van der Waals surface area contributed by atoms with Crippen molar-refractivity contribution in [1.29, 1.82) is 0 Å². The molecule has 3 N–H and O–H groups in total. The zero-order valence-corrected chi connectivity index (χ0v) is 12.9. The number of benzene rings is 1. The van der Waals surface area contributed by atoms with Gasteiger partial charge in [-0.05, 0) is 19.1 Å². The maximum Gasteiger partial charge on any atom is 0.407 e. The average Bonchev–Trinajstić information content (AvgIpc) is 2.54. The predicted octanol–water partition coefficient (Wildman–Crippen LogP) is 0.326. The number of H-pyrrole nitrogens is 1. The van der Waals surface area contributed by atoms with Crippen molar-refractivity contribution in [3.63, 3.8) is 0 Å². The fraction of sp³-hybridized carbons (Fsp3) is 0.333. The summed E-state index contributed by atoms with van der Waals surface area (Å²) in [7, 11) is 1.22. The van der Waals surface area contributed by atoms with Crippen LogP contribution in [-0.4, -0.2) is 41.7 Å². The van der Waals surface area contributed by atoms with Gasteiger partial charge in [0.15, 0.2) is 0 Å². The van der Waals surface area contributed by atoms with E-state index in [4.69, 9.17) is 0 Å². The average molecular weight is 318 g/mol. The second-order valence-electron chi connectivity index (χ2n) is 4.93. The highest BCUT2D eigenvalue weighted by atomic mass is 16.5.